The van der Waals surface area contributed by atoms with Crippen molar-refractivity contribution in [1.29, 1.82) is 0 Å². The fourth-order valence-corrected chi connectivity index (χ4v) is 2.50. The second-order valence-electron chi connectivity index (χ2n) is 5.56. The van der Waals surface area contributed by atoms with Crippen molar-refractivity contribution in [3.63, 3.8) is 0 Å². The second-order valence-corrected chi connectivity index (χ2v) is 5.56. The van der Waals surface area contributed by atoms with E-state index in [1.54, 1.807) is 13.3 Å². The smallest absolute Gasteiger partial charge is 0.249 e. The number of ether oxygens (including phenoxy) is 1. The molecular weight excluding hydrogens is 316 g/mol. The summed E-state index contributed by atoms with van der Waals surface area (Å²) in [7, 11) is 3.51. The molecule has 1 aliphatic rings. The van der Waals surface area contributed by atoms with Gasteiger partial charge in [-0.05, 0) is 29.8 Å². The lowest BCUT2D eigenvalue weighted by Crippen LogP contribution is -2.07. The number of carbonyl (C=O) groups is 1. The van der Waals surface area contributed by atoms with Gasteiger partial charge in [-0.1, -0.05) is 18.2 Å². The number of methoxy groups -OCH3 is 1. The molecule has 2 heterocycles. The largest absolute Gasteiger partial charge is 0.497 e. The number of allylic oxidation sites excluding steroid dienone is 1. The van der Waals surface area contributed by atoms with Crippen molar-refractivity contribution in [1.82, 2.24) is 4.98 Å². The van der Waals surface area contributed by atoms with Gasteiger partial charge in [-0.3, -0.25) is 4.79 Å². The molecule has 0 atom stereocenters. The predicted molar refractivity (Wildman–Crippen MR) is 100 cm³/mol. The number of nitrogens with one attached hydrogen (secondary N) is 2. The number of aromatic nitrogens is 1. The molecule has 0 bridgehead atoms. The number of nitrogens with zero attached hydrogens (tertiary/aromatic N) is 2. The summed E-state index contributed by atoms with van der Waals surface area (Å²) in [5.41, 5.74) is 3.67. The van der Waals surface area contributed by atoms with Crippen LogP contribution < -0.4 is 15.4 Å². The molecule has 1 amide bonds. The van der Waals surface area contributed by atoms with Crippen molar-refractivity contribution >= 4 is 29.2 Å². The van der Waals surface area contributed by atoms with E-state index >= 15 is 0 Å². The van der Waals surface area contributed by atoms with Crippen LogP contribution in [0.25, 0.3) is 5.57 Å². The zero-order valence-electron chi connectivity index (χ0n) is 14.2. The van der Waals surface area contributed by atoms with Gasteiger partial charge in [0.25, 0.3) is 0 Å². The lowest BCUT2D eigenvalue weighted by Gasteiger charge is -2.14. The van der Waals surface area contributed by atoms with Gasteiger partial charge in [0.1, 0.15) is 11.6 Å². The minimum atomic E-state index is -0.131. The number of rotatable bonds is 6. The van der Waals surface area contributed by atoms with Crippen LogP contribution in [0.4, 0.5) is 11.5 Å². The van der Waals surface area contributed by atoms with Gasteiger partial charge in [-0.15, -0.1) is 0 Å². The Morgan fingerprint density at radius 1 is 1.16 bits per heavy atom. The number of hydrogen-bond acceptors (Lipinski definition) is 5. The number of anilines is 2. The first-order valence-electron chi connectivity index (χ1n) is 8.02. The first-order valence-corrected chi connectivity index (χ1v) is 8.02. The van der Waals surface area contributed by atoms with Crippen LogP contribution in [0.2, 0.25) is 0 Å². The van der Waals surface area contributed by atoms with E-state index in [2.05, 4.69) is 20.6 Å². The Morgan fingerprint density at radius 3 is 2.60 bits per heavy atom. The highest BCUT2D eigenvalue weighted by Gasteiger charge is 2.11. The third-order valence-electron chi connectivity index (χ3n) is 3.92. The zero-order valence-corrected chi connectivity index (χ0v) is 14.2. The molecule has 2 aromatic rings. The maximum Gasteiger partial charge on any atom is 0.249 e. The van der Waals surface area contributed by atoms with Crippen LogP contribution in [0, 0.1) is 0 Å². The normalized spacial score (nSPS) is 13.4. The summed E-state index contributed by atoms with van der Waals surface area (Å²) in [5.74, 6) is 1.45. The number of dihydropyridines is 1. The molecule has 0 aliphatic carbocycles. The molecule has 1 aromatic carbocycles. The van der Waals surface area contributed by atoms with E-state index in [9.17, 15) is 4.79 Å². The highest BCUT2D eigenvalue weighted by Crippen LogP contribution is 2.24. The summed E-state index contributed by atoms with van der Waals surface area (Å²) in [6.07, 6.45) is 3.74. The maximum absolute atomic E-state index is 11.2. The van der Waals surface area contributed by atoms with Gasteiger partial charge in [0, 0.05) is 31.8 Å². The third kappa shape index (κ3) is 4.03. The number of pyridine rings is 1. The van der Waals surface area contributed by atoms with Crippen LogP contribution in [0.15, 0.2) is 47.5 Å². The van der Waals surface area contributed by atoms with Crippen LogP contribution in [0.1, 0.15) is 17.7 Å². The maximum atomic E-state index is 11.2. The standard InChI is InChI=1S/C19H20N4O2/c1-20-17-9-8-16(14-5-10-18(24)21-12-14)23-19(17)22-11-13-3-6-15(25-2)7-4-13/h3-9,12,20H,10-11H2,1-2H3,(H,22,23). The van der Waals surface area contributed by atoms with Crippen molar-refractivity contribution in [3.8, 4) is 5.75 Å². The summed E-state index contributed by atoms with van der Waals surface area (Å²) in [6, 6.07) is 11.8. The SMILES string of the molecule is CNc1ccc(C2=CCC(=O)N=C2)nc1NCc1ccc(OC)cc1. The first kappa shape index (κ1) is 16.7. The van der Waals surface area contributed by atoms with E-state index in [4.69, 9.17) is 4.74 Å². The second kappa shape index (κ2) is 7.61. The highest BCUT2D eigenvalue weighted by atomic mass is 16.5. The molecule has 1 aliphatic heterocycles. The summed E-state index contributed by atoms with van der Waals surface area (Å²) < 4.78 is 5.17. The Labute approximate surface area is 146 Å². The number of hydrogen-bond donors (Lipinski definition) is 2. The quantitative estimate of drug-likeness (QED) is 0.848. The molecule has 0 saturated carbocycles. The molecule has 0 saturated heterocycles. The number of aliphatic imine (C=N–C) groups is 1. The highest BCUT2D eigenvalue weighted by molar-refractivity contribution is 6.15. The fourth-order valence-electron chi connectivity index (χ4n) is 2.50. The van der Waals surface area contributed by atoms with Crippen LogP contribution >= 0.6 is 0 Å². The topological polar surface area (TPSA) is 75.6 Å². The van der Waals surface area contributed by atoms with Gasteiger partial charge in [0.05, 0.1) is 18.5 Å². The van der Waals surface area contributed by atoms with Gasteiger partial charge in [0.15, 0.2) is 0 Å². The summed E-state index contributed by atoms with van der Waals surface area (Å²) in [5, 5.41) is 6.49. The van der Waals surface area contributed by atoms with E-state index in [-0.39, 0.29) is 5.91 Å². The lowest BCUT2D eigenvalue weighted by molar-refractivity contribution is -0.117. The minimum Gasteiger partial charge on any atom is -0.497 e. The predicted octanol–water partition coefficient (Wildman–Crippen LogP) is 3.13. The van der Waals surface area contributed by atoms with Crippen molar-refractivity contribution in [2.45, 2.75) is 13.0 Å². The molecule has 0 unspecified atom stereocenters. The van der Waals surface area contributed by atoms with E-state index in [1.807, 2.05) is 49.5 Å². The molecule has 6 nitrogen and oxygen atoms in total. The van der Waals surface area contributed by atoms with E-state index in [0.29, 0.717) is 13.0 Å². The molecule has 6 heteroatoms. The minimum absolute atomic E-state index is 0.131. The molecule has 0 fully saturated rings. The molecule has 0 spiro atoms. The molecule has 1 aromatic heterocycles. The van der Waals surface area contributed by atoms with Crippen molar-refractivity contribution in [2.24, 2.45) is 4.99 Å². The van der Waals surface area contributed by atoms with E-state index < -0.39 is 0 Å². The van der Waals surface area contributed by atoms with Crippen LogP contribution in [0.5, 0.6) is 5.75 Å². The van der Waals surface area contributed by atoms with Gasteiger partial charge in [0.2, 0.25) is 5.91 Å². The van der Waals surface area contributed by atoms with Gasteiger partial charge in [-0.25, -0.2) is 9.98 Å². The lowest BCUT2D eigenvalue weighted by atomic mass is 10.1. The van der Waals surface area contributed by atoms with Crippen molar-refractivity contribution < 1.29 is 9.53 Å². The van der Waals surface area contributed by atoms with Gasteiger partial charge in [-0.2, -0.15) is 0 Å². The molecule has 0 radical (unpaired) electrons. The molecule has 25 heavy (non-hydrogen) atoms. The molecule has 2 N–H and O–H groups in total. The van der Waals surface area contributed by atoms with Crippen LogP contribution in [-0.4, -0.2) is 31.3 Å². The average Bonchev–Trinajstić information content (AvgIpc) is 2.67. The molecular formula is C19H20N4O2. The Bertz CT molecular complexity index is 826. The summed E-state index contributed by atoms with van der Waals surface area (Å²) in [4.78, 5) is 19.7. The average molecular weight is 336 g/mol. The Hall–Kier alpha value is -3.15. The van der Waals surface area contributed by atoms with Crippen molar-refractivity contribution in [3.05, 3.63) is 53.7 Å². The van der Waals surface area contributed by atoms with Crippen molar-refractivity contribution in [2.75, 3.05) is 24.8 Å². The Balaban J connectivity index is 1.78. The molecule has 3 rings (SSSR count). The van der Waals surface area contributed by atoms with E-state index in [1.165, 1.54) is 0 Å². The monoisotopic (exact) mass is 336 g/mol. The van der Waals surface area contributed by atoms with Gasteiger partial charge < -0.3 is 15.4 Å². The summed E-state index contributed by atoms with van der Waals surface area (Å²) >= 11 is 0. The Kier molecular flexibility index (Phi) is 5.09. The van der Waals surface area contributed by atoms with Crippen LogP contribution in [0.3, 0.4) is 0 Å². The number of carbonyl (C=O) groups excluding carboxylic acids is 1. The first-order chi connectivity index (χ1) is 12.2. The van der Waals surface area contributed by atoms with Crippen LogP contribution in [-0.2, 0) is 11.3 Å². The Morgan fingerprint density at radius 2 is 1.96 bits per heavy atom. The number of amides is 1. The fraction of sp³-hybridized carbons (Fsp3) is 0.211. The third-order valence-corrected chi connectivity index (χ3v) is 3.92. The molecule has 128 valence electrons. The summed E-state index contributed by atoms with van der Waals surface area (Å²) in [6.45, 7) is 0.640. The number of benzene rings is 1. The zero-order chi connectivity index (χ0) is 17.6. The van der Waals surface area contributed by atoms with E-state index in [0.717, 1.165) is 34.1 Å². The van der Waals surface area contributed by atoms with Gasteiger partial charge >= 0.3 is 0 Å².